The Morgan fingerprint density at radius 3 is 2.80 bits per heavy atom. The Morgan fingerprint density at radius 1 is 1.60 bits per heavy atom. The van der Waals surface area contributed by atoms with E-state index in [4.69, 9.17) is 0 Å². The van der Waals surface area contributed by atoms with Gasteiger partial charge in [-0.05, 0) is 23.9 Å². The van der Waals surface area contributed by atoms with E-state index in [1.54, 1.807) is 4.88 Å². The first-order chi connectivity index (χ1) is 4.86. The van der Waals surface area contributed by atoms with Crippen LogP contribution in [-0.2, 0) is 0 Å². The second-order valence-electron chi connectivity index (χ2n) is 2.88. The predicted molar refractivity (Wildman–Crippen MR) is 44.7 cm³/mol. The molecule has 1 aromatic heterocycles. The lowest BCUT2D eigenvalue weighted by Gasteiger charge is -2.25. The molecule has 1 aliphatic heterocycles. The maximum atomic E-state index is 3.28. The average Bonchev–Trinajstić information content (AvgIpc) is 2.10. The zero-order chi connectivity index (χ0) is 6.97. The molecule has 2 rings (SSSR count). The van der Waals surface area contributed by atoms with E-state index >= 15 is 0 Å². The standard InChI is InChI=1S/C8H11NS/c1-6-2-8(10-5-6)7-3-9-4-7/h2,5,7,9H,3-4H2,1H3. The summed E-state index contributed by atoms with van der Waals surface area (Å²) in [6.07, 6.45) is 0. The Hall–Kier alpha value is -0.340. The van der Waals surface area contributed by atoms with Gasteiger partial charge in [0.2, 0.25) is 0 Å². The van der Waals surface area contributed by atoms with Crippen LogP contribution in [0.2, 0.25) is 0 Å². The molecule has 0 saturated carbocycles. The highest BCUT2D eigenvalue weighted by molar-refractivity contribution is 7.10. The van der Waals surface area contributed by atoms with Gasteiger partial charge in [0.15, 0.2) is 0 Å². The van der Waals surface area contributed by atoms with Crippen molar-refractivity contribution in [3.63, 3.8) is 0 Å². The minimum atomic E-state index is 0.818. The fraction of sp³-hybridized carbons (Fsp3) is 0.500. The van der Waals surface area contributed by atoms with Crippen LogP contribution in [0.25, 0.3) is 0 Å². The Kier molecular flexibility index (Phi) is 1.51. The summed E-state index contributed by atoms with van der Waals surface area (Å²) in [5, 5.41) is 5.51. The molecule has 0 atom stereocenters. The van der Waals surface area contributed by atoms with Gasteiger partial charge in [-0.3, -0.25) is 0 Å². The maximum Gasteiger partial charge on any atom is 0.0183 e. The average molecular weight is 153 g/mol. The number of rotatable bonds is 1. The minimum absolute atomic E-state index is 0.818. The summed E-state index contributed by atoms with van der Waals surface area (Å²) in [5.74, 6) is 0.818. The molecule has 0 radical (unpaired) electrons. The second kappa shape index (κ2) is 2.36. The van der Waals surface area contributed by atoms with Crippen molar-refractivity contribution in [3.8, 4) is 0 Å². The van der Waals surface area contributed by atoms with Gasteiger partial charge in [0.05, 0.1) is 0 Å². The molecule has 0 aliphatic carbocycles. The van der Waals surface area contributed by atoms with Crippen LogP contribution in [0, 0.1) is 6.92 Å². The van der Waals surface area contributed by atoms with Crippen LogP contribution < -0.4 is 5.32 Å². The minimum Gasteiger partial charge on any atom is -0.315 e. The van der Waals surface area contributed by atoms with Crippen molar-refractivity contribution in [2.75, 3.05) is 13.1 Å². The van der Waals surface area contributed by atoms with Gasteiger partial charge in [-0.1, -0.05) is 0 Å². The molecule has 0 bridgehead atoms. The van der Waals surface area contributed by atoms with Crippen molar-refractivity contribution in [2.24, 2.45) is 0 Å². The SMILES string of the molecule is Cc1csc(C2CNC2)c1. The topological polar surface area (TPSA) is 12.0 Å². The fourth-order valence-electron chi connectivity index (χ4n) is 1.16. The van der Waals surface area contributed by atoms with Crippen LogP contribution in [0.1, 0.15) is 16.4 Å². The van der Waals surface area contributed by atoms with Crippen LogP contribution in [0.15, 0.2) is 11.4 Å². The molecule has 54 valence electrons. The van der Waals surface area contributed by atoms with Crippen molar-refractivity contribution in [3.05, 3.63) is 21.9 Å². The molecular formula is C8H11NS. The molecule has 10 heavy (non-hydrogen) atoms. The lowest BCUT2D eigenvalue weighted by atomic mass is 10.0. The van der Waals surface area contributed by atoms with Gasteiger partial charge >= 0.3 is 0 Å². The molecule has 2 heterocycles. The van der Waals surface area contributed by atoms with Crippen LogP contribution >= 0.6 is 11.3 Å². The quantitative estimate of drug-likeness (QED) is 0.648. The molecule has 1 aromatic rings. The Morgan fingerprint density at radius 2 is 2.40 bits per heavy atom. The lowest BCUT2D eigenvalue weighted by molar-refractivity contribution is 0.454. The smallest absolute Gasteiger partial charge is 0.0183 e. The molecule has 1 N–H and O–H groups in total. The van der Waals surface area contributed by atoms with Crippen LogP contribution in [0.4, 0.5) is 0 Å². The molecule has 2 heteroatoms. The molecule has 0 spiro atoms. The third-order valence-corrected chi connectivity index (χ3v) is 3.15. The zero-order valence-electron chi connectivity index (χ0n) is 6.05. The summed E-state index contributed by atoms with van der Waals surface area (Å²) in [5.41, 5.74) is 1.41. The molecule has 0 unspecified atom stereocenters. The second-order valence-corrected chi connectivity index (χ2v) is 3.82. The van der Waals surface area contributed by atoms with Crippen molar-refractivity contribution in [2.45, 2.75) is 12.8 Å². The summed E-state index contributed by atoms with van der Waals surface area (Å²) in [6.45, 7) is 4.52. The summed E-state index contributed by atoms with van der Waals surface area (Å²) >= 11 is 1.89. The molecule has 1 aliphatic rings. The number of thiophene rings is 1. The highest BCUT2D eigenvalue weighted by Gasteiger charge is 2.19. The van der Waals surface area contributed by atoms with Crippen molar-refractivity contribution >= 4 is 11.3 Å². The fourth-order valence-corrected chi connectivity index (χ4v) is 2.16. The first-order valence-corrected chi connectivity index (χ1v) is 4.50. The van der Waals surface area contributed by atoms with E-state index in [0.717, 1.165) is 5.92 Å². The lowest BCUT2D eigenvalue weighted by Crippen LogP contribution is -2.39. The predicted octanol–water partition coefficient (Wildman–Crippen LogP) is 1.74. The van der Waals surface area contributed by atoms with Gasteiger partial charge in [0, 0.05) is 23.9 Å². The third kappa shape index (κ3) is 0.976. The Balaban J connectivity index is 2.17. The first kappa shape index (κ1) is 6.38. The van der Waals surface area contributed by atoms with Gasteiger partial charge < -0.3 is 5.32 Å². The Labute approximate surface area is 65.1 Å². The van der Waals surface area contributed by atoms with E-state index in [1.165, 1.54) is 18.7 Å². The monoisotopic (exact) mass is 153 g/mol. The van der Waals surface area contributed by atoms with Gasteiger partial charge in [0.25, 0.3) is 0 Å². The molecular weight excluding hydrogens is 142 g/mol. The van der Waals surface area contributed by atoms with Gasteiger partial charge in [-0.2, -0.15) is 0 Å². The van der Waals surface area contributed by atoms with Crippen molar-refractivity contribution in [1.82, 2.24) is 5.32 Å². The highest BCUT2D eigenvalue weighted by atomic mass is 32.1. The van der Waals surface area contributed by atoms with Crippen LogP contribution in [0.5, 0.6) is 0 Å². The van der Waals surface area contributed by atoms with E-state index in [9.17, 15) is 0 Å². The first-order valence-electron chi connectivity index (χ1n) is 3.62. The third-order valence-electron chi connectivity index (χ3n) is 1.93. The molecule has 1 saturated heterocycles. The number of hydrogen-bond donors (Lipinski definition) is 1. The molecule has 1 fully saturated rings. The summed E-state index contributed by atoms with van der Waals surface area (Å²) in [4.78, 5) is 1.55. The van der Waals surface area contributed by atoms with Gasteiger partial charge in [-0.15, -0.1) is 11.3 Å². The summed E-state index contributed by atoms with van der Waals surface area (Å²) in [7, 11) is 0. The Bertz CT molecular complexity index is 225. The molecule has 1 nitrogen and oxygen atoms in total. The largest absolute Gasteiger partial charge is 0.315 e. The molecule has 0 aromatic carbocycles. The number of nitrogens with one attached hydrogen (secondary N) is 1. The van der Waals surface area contributed by atoms with Crippen LogP contribution in [0.3, 0.4) is 0 Å². The normalized spacial score (nSPS) is 18.9. The van der Waals surface area contributed by atoms with Crippen LogP contribution in [-0.4, -0.2) is 13.1 Å². The number of aryl methyl sites for hydroxylation is 1. The van der Waals surface area contributed by atoms with Gasteiger partial charge in [0.1, 0.15) is 0 Å². The van der Waals surface area contributed by atoms with Gasteiger partial charge in [-0.25, -0.2) is 0 Å². The van der Waals surface area contributed by atoms with Crippen molar-refractivity contribution < 1.29 is 0 Å². The van der Waals surface area contributed by atoms with E-state index < -0.39 is 0 Å². The van der Waals surface area contributed by atoms with E-state index in [-0.39, 0.29) is 0 Å². The highest BCUT2D eigenvalue weighted by Crippen LogP contribution is 2.25. The maximum absolute atomic E-state index is 3.28. The molecule has 0 amide bonds. The number of hydrogen-bond acceptors (Lipinski definition) is 2. The summed E-state index contributed by atoms with van der Waals surface area (Å²) < 4.78 is 0. The van der Waals surface area contributed by atoms with Crippen molar-refractivity contribution in [1.29, 1.82) is 0 Å². The van der Waals surface area contributed by atoms with E-state index in [2.05, 4.69) is 23.7 Å². The summed E-state index contributed by atoms with van der Waals surface area (Å²) in [6, 6.07) is 2.30. The zero-order valence-corrected chi connectivity index (χ0v) is 6.87. The van der Waals surface area contributed by atoms with E-state index in [1.807, 2.05) is 11.3 Å². The van der Waals surface area contributed by atoms with E-state index in [0.29, 0.717) is 0 Å².